The van der Waals surface area contributed by atoms with Crippen LogP contribution in [-0.2, 0) is 9.59 Å². The summed E-state index contributed by atoms with van der Waals surface area (Å²) in [6.45, 7) is 4.96. The maximum atomic E-state index is 12.6. The van der Waals surface area contributed by atoms with Crippen LogP contribution in [-0.4, -0.2) is 40.9 Å². The second kappa shape index (κ2) is 8.65. The molecule has 1 unspecified atom stereocenters. The molecule has 1 fully saturated rings. The third-order valence-corrected chi connectivity index (χ3v) is 4.50. The van der Waals surface area contributed by atoms with E-state index in [9.17, 15) is 14.4 Å². The van der Waals surface area contributed by atoms with Crippen LogP contribution in [0.2, 0.25) is 0 Å². The first-order valence-corrected chi connectivity index (χ1v) is 8.79. The summed E-state index contributed by atoms with van der Waals surface area (Å²) < 4.78 is 0. The number of nitrogens with one attached hydrogen (secondary N) is 1. The van der Waals surface area contributed by atoms with Gasteiger partial charge in [-0.25, -0.2) is 0 Å². The zero-order chi connectivity index (χ0) is 18.4. The predicted octanol–water partition coefficient (Wildman–Crippen LogP) is 3.00. The van der Waals surface area contributed by atoms with Gasteiger partial charge in [-0.1, -0.05) is 13.8 Å². The van der Waals surface area contributed by atoms with E-state index < -0.39 is 5.97 Å². The summed E-state index contributed by atoms with van der Waals surface area (Å²) in [5.41, 5.74) is 1.26. The fraction of sp³-hybridized carbons (Fsp3) is 0.526. The second-order valence-corrected chi connectivity index (χ2v) is 6.91. The van der Waals surface area contributed by atoms with Crippen molar-refractivity contribution in [3.63, 3.8) is 0 Å². The lowest BCUT2D eigenvalue weighted by Crippen LogP contribution is -2.40. The van der Waals surface area contributed by atoms with Crippen molar-refractivity contribution in [2.45, 2.75) is 39.5 Å². The van der Waals surface area contributed by atoms with Gasteiger partial charge in [-0.2, -0.15) is 0 Å². The van der Waals surface area contributed by atoms with Crippen LogP contribution < -0.4 is 5.32 Å². The van der Waals surface area contributed by atoms with E-state index in [0.717, 1.165) is 12.8 Å². The number of aliphatic carboxylic acids is 1. The van der Waals surface area contributed by atoms with Gasteiger partial charge in [-0.05, 0) is 49.4 Å². The number of carbonyl (C=O) groups excluding carboxylic acids is 2. The summed E-state index contributed by atoms with van der Waals surface area (Å²) >= 11 is 0. The number of anilines is 1. The van der Waals surface area contributed by atoms with Crippen molar-refractivity contribution in [2.75, 3.05) is 18.4 Å². The zero-order valence-corrected chi connectivity index (χ0v) is 14.8. The Bertz CT molecular complexity index is 625. The van der Waals surface area contributed by atoms with Crippen molar-refractivity contribution in [1.82, 2.24) is 4.90 Å². The Morgan fingerprint density at radius 3 is 2.52 bits per heavy atom. The van der Waals surface area contributed by atoms with Crippen LogP contribution in [0.3, 0.4) is 0 Å². The van der Waals surface area contributed by atoms with Crippen LogP contribution >= 0.6 is 0 Å². The molecule has 1 aromatic carbocycles. The van der Waals surface area contributed by atoms with Crippen LogP contribution in [0.15, 0.2) is 24.3 Å². The maximum Gasteiger partial charge on any atom is 0.303 e. The molecule has 1 heterocycles. The summed E-state index contributed by atoms with van der Waals surface area (Å²) in [5, 5.41) is 11.6. The Balaban J connectivity index is 1.95. The van der Waals surface area contributed by atoms with Crippen LogP contribution in [0.25, 0.3) is 0 Å². The van der Waals surface area contributed by atoms with Gasteiger partial charge in [0.2, 0.25) is 5.91 Å². The predicted molar refractivity (Wildman–Crippen MR) is 95.4 cm³/mol. The quantitative estimate of drug-likeness (QED) is 0.829. The fourth-order valence-corrected chi connectivity index (χ4v) is 2.98. The number of rotatable bonds is 6. The lowest BCUT2D eigenvalue weighted by atomic mass is 9.93. The Kier molecular flexibility index (Phi) is 6.56. The molecule has 0 aromatic heterocycles. The first-order valence-electron chi connectivity index (χ1n) is 8.79. The van der Waals surface area contributed by atoms with Crippen molar-refractivity contribution in [3.8, 4) is 0 Å². The molecule has 0 spiro atoms. The number of piperidine rings is 1. The molecular formula is C19H26N2O4. The molecule has 2 N–H and O–H groups in total. The van der Waals surface area contributed by atoms with Gasteiger partial charge in [0.05, 0.1) is 0 Å². The molecule has 0 aliphatic carbocycles. The van der Waals surface area contributed by atoms with Gasteiger partial charge in [0.1, 0.15) is 0 Å². The molecule has 2 amide bonds. The number of carboxylic acids is 1. The Morgan fingerprint density at radius 2 is 1.92 bits per heavy atom. The molecule has 1 aliphatic rings. The molecule has 6 heteroatoms. The average Bonchev–Trinajstić information content (AvgIpc) is 2.60. The number of likely N-dealkylation sites (tertiary alicyclic amines) is 1. The highest BCUT2D eigenvalue weighted by Crippen LogP contribution is 2.23. The molecule has 0 radical (unpaired) electrons. The smallest absolute Gasteiger partial charge is 0.303 e. The third-order valence-electron chi connectivity index (χ3n) is 4.50. The minimum Gasteiger partial charge on any atom is -0.481 e. The van der Waals surface area contributed by atoms with E-state index in [1.165, 1.54) is 0 Å². The van der Waals surface area contributed by atoms with Gasteiger partial charge < -0.3 is 15.3 Å². The highest BCUT2D eigenvalue weighted by molar-refractivity contribution is 5.96. The van der Waals surface area contributed by atoms with Crippen LogP contribution in [0.5, 0.6) is 0 Å². The van der Waals surface area contributed by atoms with Gasteiger partial charge in [-0.3, -0.25) is 14.4 Å². The number of benzene rings is 1. The van der Waals surface area contributed by atoms with Crippen LogP contribution in [0.1, 0.15) is 49.9 Å². The van der Waals surface area contributed by atoms with Gasteiger partial charge in [-0.15, -0.1) is 0 Å². The molecule has 136 valence electrons. The minimum absolute atomic E-state index is 0.0400. The molecular weight excluding hydrogens is 320 g/mol. The number of hydrogen-bond acceptors (Lipinski definition) is 3. The van der Waals surface area contributed by atoms with E-state index in [4.69, 9.17) is 5.11 Å². The maximum absolute atomic E-state index is 12.6. The van der Waals surface area contributed by atoms with Gasteiger partial charge in [0.15, 0.2) is 0 Å². The van der Waals surface area contributed by atoms with Crippen molar-refractivity contribution < 1.29 is 19.5 Å². The molecule has 0 saturated carbocycles. The monoisotopic (exact) mass is 346 g/mol. The number of nitrogens with zero attached hydrogens (tertiary/aromatic N) is 1. The van der Waals surface area contributed by atoms with Crippen molar-refractivity contribution >= 4 is 23.5 Å². The fourth-order valence-electron chi connectivity index (χ4n) is 2.98. The van der Waals surface area contributed by atoms with Crippen molar-refractivity contribution in [2.24, 2.45) is 11.8 Å². The van der Waals surface area contributed by atoms with Crippen molar-refractivity contribution in [1.29, 1.82) is 0 Å². The molecule has 1 aromatic rings. The average molecular weight is 346 g/mol. The summed E-state index contributed by atoms with van der Waals surface area (Å²) in [6, 6.07) is 6.91. The Hall–Kier alpha value is -2.37. The molecule has 25 heavy (non-hydrogen) atoms. The molecule has 1 atom stereocenters. The summed E-state index contributed by atoms with van der Waals surface area (Å²) in [5.74, 6) is -0.739. The first kappa shape index (κ1) is 19.0. The molecule has 1 saturated heterocycles. The van der Waals surface area contributed by atoms with E-state index in [-0.39, 0.29) is 30.1 Å². The largest absolute Gasteiger partial charge is 0.481 e. The summed E-state index contributed by atoms with van der Waals surface area (Å²) in [4.78, 5) is 36.9. The number of carboxylic acid groups (broad SMARTS) is 1. The van der Waals surface area contributed by atoms with Gasteiger partial charge in [0.25, 0.3) is 5.91 Å². The van der Waals surface area contributed by atoms with Crippen LogP contribution in [0, 0.1) is 11.8 Å². The molecule has 1 aliphatic heterocycles. The van der Waals surface area contributed by atoms with E-state index in [1.54, 1.807) is 29.2 Å². The zero-order valence-electron chi connectivity index (χ0n) is 14.8. The Labute approximate surface area is 148 Å². The highest BCUT2D eigenvalue weighted by Gasteiger charge is 2.24. The number of carbonyl (C=O) groups is 3. The van der Waals surface area contributed by atoms with E-state index >= 15 is 0 Å². The normalized spacial score (nSPS) is 17.4. The van der Waals surface area contributed by atoms with Gasteiger partial charge >= 0.3 is 5.97 Å². The van der Waals surface area contributed by atoms with Crippen molar-refractivity contribution in [3.05, 3.63) is 29.8 Å². The van der Waals surface area contributed by atoms with E-state index in [1.807, 2.05) is 13.8 Å². The topological polar surface area (TPSA) is 86.7 Å². The summed E-state index contributed by atoms with van der Waals surface area (Å²) in [7, 11) is 0. The number of amides is 2. The lowest BCUT2D eigenvalue weighted by Gasteiger charge is -2.32. The first-order chi connectivity index (χ1) is 11.9. The standard InChI is InChI=1S/C19H26N2O4/c1-13(2)18(24)20-16-8-6-15(7-9-16)19(25)21-11-3-4-14(12-21)5-10-17(22)23/h6-9,13-14H,3-5,10-12H2,1-2H3,(H,20,24)(H,22,23). The highest BCUT2D eigenvalue weighted by atomic mass is 16.4. The Morgan fingerprint density at radius 1 is 1.24 bits per heavy atom. The molecule has 2 rings (SSSR count). The lowest BCUT2D eigenvalue weighted by molar-refractivity contribution is -0.137. The molecule has 0 bridgehead atoms. The van der Waals surface area contributed by atoms with E-state index in [0.29, 0.717) is 30.8 Å². The van der Waals surface area contributed by atoms with E-state index in [2.05, 4.69) is 5.32 Å². The second-order valence-electron chi connectivity index (χ2n) is 6.91. The van der Waals surface area contributed by atoms with Crippen LogP contribution in [0.4, 0.5) is 5.69 Å². The number of hydrogen-bond donors (Lipinski definition) is 2. The van der Waals surface area contributed by atoms with Gasteiger partial charge in [0, 0.05) is 36.7 Å². The SMILES string of the molecule is CC(C)C(=O)Nc1ccc(C(=O)N2CCCC(CCC(=O)O)C2)cc1. The third kappa shape index (κ3) is 5.59. The summed E-state index contributed by atoms with van der Waals surface area (Å²) in [6.07, 6.45) is 2.63. The minimum atomic E-state index is -0.789. The molecule has 6 nitrogen and oxygen atoms in total.